The normalized spacial score (nSPS) is 18.1. The van der Waals surface area contributed by atoms with E-state index in [1.54, 1.807) is 42.5 Å². The summed E-state index contributed by atoms with van der Waals surface area (Å²) in [6.45, 7) is 4.64. The molecule has 6 heteroatoms. The van der Waals surface area contributed by atoms with Crippen LogP contribution in [0, 0.1) is 0 Å². The van der Waals surface area contributed by atoms with Crippen LogP contribution in [-0.2, 0) is 21.3 Å². The van der Waals surface area contributed by atoms with Crippen molar-refractivity contribution in [2.45, 2.75) is 25.8 Å². The van der Waals surface area contributed by atoms with Gasteiger partial charge >= 0.3 is 16.5 Å². The SMILES string of the molecule is CCN1C=CC[C@]1(C)C(=O)Nc1ccc(Cl)cc1C(=O)c1ccccc1.[Ni+2]. The van der Waals surface area contributed by atoms with Crippen LogP contribution in [0.25, 0.3) is 0 Å². The summed E-state index contributed by atoms with van der Waals surface area (Å²) in [6, 6.07) is 13.9. The Hall–Kier alpha value is -2.10. The molecule has 1 N–H and O–H groups in total. The fraction of sp³-hybridized carbons (Fsp3) is 0.238. The molecule has 0 saturated carbocycles. The molecule has 4 nitrogen and oxygen atoms in total. The van der Waals surface area contributed by atoms with Gasteiger partial charge in [-0.1, -0.05) is 48.0 Å². The van der Waals surface area contributed by atoms with Gasteiger partial charge in [0.15, 0.2) is 5.78 Å². The van der Waals surface area contributed by atoms with Crippen LogP contribution in [0.3, 0.4) is 0 Å². The number of benzene rings is 2. The van der Waals surface area contributed by atoms with E-state index in [1.807, 2.05) is 37.1 Å². The molecule has 2 aromatic carbocycles. The number of likely N-dealkylation sites (N-methyl/N-ethyl adjacent to an activating group) is 1. The van der Waals surface area contributed by atoms with Gasteiger partial charge < -0.3 is 10.2 Å². The van der Waals surface area contributed by atoms with Gasteiger partial charge in [-0.2, -0.15) is 0 Å². The number of anilines is 1. The molecule has 0 fully saturated rings. The van der Waals surface area contributed by atoms with Gasteiger partial charge in [0.2, 0.25) is 5.91 Å². The molecule has 0 aliphatic carbocycles. The Morgan fingerprint density at radius 2 is 1.89 bits per heavy atom. The van der Waals surface area contributed by atoms with Gasteiger partial charge in [0.25, 0.3) is 0 Å². The summed E-state index contributed by atoms with van der Waals surface area (Å²) in [4.78, 5) is 27.9. The third kappa shape index (κ3) is 4.26. The van der Waals surface area contributed by atoms with Crippen molar-refractivity contribution in [1.82, 2.24) is 4.90 Å². The number of halogens is 1. The maximum Gasteiger partial charge on any atom is 2.00 e. The predicted octanol–water partition coefficient (Wildman–Crippen LogP) is 4.51. The second kappa shape index (κ2) is 8.73. The summed E-state index contributed by atoms with van der Waals surface area (Å²) < 4.78 is 0. The van der Waals surface area contributed by atoms with E-state index < -0.39 is 5.54 Å². The van der Waals surface area contributed by atoms with Crippen molar-refractivity contribution >= 4 is 29.0 Å². The molecule has 0 radical (unpaired) electrons. The molecule has 2 aromatic rings. The molecule has 0 spiro atoms. The third-order valence-electron chi connectivity index (χ3n) is 4.77. The van der Waals surface area contributed by atoms with E-state index in [4.69, 9.17) is 11.6 Å². The smallest absolute Gasteiger partial charge is 0.364 e. The number of nitrogens with zero attached hydrogens (tertiary/aromatic N) is 1. The minimum Gasteiger partial charge on any atom is -0.364 e. The first-order chi connectivity index (χ1) is 12.5. The second-order valence-electron chi connectivity index (χ2n) is 6.49. The van der Waals surface area contributed by atoms with Crippen LogP contribution in [0.2, 0.25) is 5.02 Å². The first-order valence-electron chi connectivity index (χ1n) is 8.60. The number of hydrogen-bond acceptors (Lipinski definition) is 3. The molecule has 1 aliphatic heterocycles. The molecule has 1 heterocycles. The van der Waals surface area contributed by atoms with Crippen LogP contribution in [0.5, 0.6) is 0 Å². The van der Waals surface area contributed by atoms with Crippen molar-refractivity contribution in [2.75, 3.05) is 11.9 Å². The molecule has 0 unspecified atom stereocenters. The molecule has 1 aliphatic rings. The summed E-state index contributed by atoms with van der Waals surface area (Å²) in [5.41, 5.74) is 0.739. The van der Waals surface area contributed by atoms with E-state index in [0.29, 0.717) is 28.3 Å². The second-order valence-corrected chi connectivity index (χ2v) is 6.92. The van der Waals surface area contributed by atoms with E-state index in [2.05, 4.69) is 5.32 Å². The van der Waals surface area contributed by atoms with Crippen LogP contribution >= 0.6 is 11.6 Å². The largest absolute Gasteiger partial charge is 2.00 e. The zero-order chi connectivity index (χ0) is 18.7. The Balaban J connectivity index is 0.00000261. The van der Waals surface area contributed by atoms with E-state index in [1.165, 1.54) is 0 Å². The van der Waals surface area contributed by atoms with Crippen LogP contribution in [0.1, 0.15) is 36.2 Å². The number of rotatable bonds is 5. The Kier molecular flexibility index (Phi) is 6.86. The fourth-order valence-corrected chi connectivity index (χ4v) is 3.36. The van der Waals surface area contributed by atoms with E-state index >= 15 is 0 Å². The summed E-state index contributed by atoms with van der Waals surface area (Å²) in [6.07, 6.45) is 4.56. The number of amides is 1. The Morgan fingerprint density at radius 3 is 2.56 bits per heavy atom. The summed E-state index contributed by atoms with van der Waals surface area (Å²) in [7, 11) is 0. The van der Waals surface area contributed by atoms with Crippen LogP contribution in [-0.4, -0.2) is 28.7 Å². The van der Waals surface area contributed by atoms with Crippen molar-refractivity contribution in [3.63, 3.8) is 0 Å². The number of ketones is 1. The van der Waals surface area contributed by atoms with Gasteiger partial charge in [-0.3, -0.25) is 9.59 Å². The predicted molar refractivity (Wildman–Crippen MR) is 104 cm³/mol. The number of carbonyl (C=O) groups is 2. The maximum absolute atomic E-state index is 13.0. The van der Waals surface area contributed by atoms with Gasteiger partial charge in [-0.05, 0) is 44.7 Å². The van der Waals surface area contributed by atoms with Crippen molar-refractivity contribution in [1.29, 1.82) is 0 Å². The number of nitrogens with one attached hydrogen (secondary N) is 1. The van der Waals surface area contributed by atoms with Crippen molar-refractivity contribution in [3.05, 3.63) is 77.0 Å². The monoisotopic (exact) mass is 426 g/mol. The Morgan fingerprint density at radius 1 is 1.19 bits per heavy atom. The first-order valence-corrected chi connectivity index (χ1v) is 8.97. The molecule has 27 heavy (non-hydrogen) atoms. The summed E-state index contributed by atoms with van der Waals surface area (Å²) in [5.74, 6) is -0.320. The molecule has 1 atom stereocenters. The van der Waals surface area contributed by atoms with Gasteiger partial charge in [0.05, 0.1) is 5.69 Å². The van der Waals surface area contributed by atoms with E-state index in [9.17, 15) is 9.59 Å². The fourth-order valence-electron chi connectivity index (χ4n) is 3.18. The molecular formula is C21H21ClN2NiO2+2. The molecule has 0 aromatic heterocycles. The van der Waals surface area contributed by atoms with Crippen LogP contribution in [0.4, 0.5) is 5.69 Å². The summed E-state index contributed by atoms with van der Waals surface area (Å²) in [5, 5.41) is 3.39. The van der Waals surface area contributed by atoms with Gasteiger partial charge in [0.1, 0.15) is 5.54 Å². The molecule has 3 rings (SSSR count). The maximum atomic E-state index is 13.0. The first kappa shape index (κ1) is 21.2. The molecule has 0 saturated heterocycles. The molecule has 142 valence electrons. The minimum atomic E-state index is -0.665. The van der Waals surface area contributed by atoms with E-state index in [-0.39, 0.29) is 28.2 Å². The zero-order valence-corrected chi connectivity index (χ0v) is 16.9. The van der Waals surface area contributed by atoms with E-state index in [0.717, 1.165) is 6.54 Å². The van der Waals surface area contributed by atoms with Crippen molar-refractivity contribution in [2.24, 2.45) is 0 Å². The zero-order valence-electron chi connectivity index (χ0n) is 15.1. The number of carbonyl (C=O) groups excluding carboxylic acids is 2. The minimum absolute atomic E-state index is 0. The van der Waals surface area contributed by atoms with Crippen molar-refractivity contribution < 1.29 is 26.1 Å². The van der Waals surface area contributed by atoms with Gasteiger partial charge in [-0.25, -0.2) is 0 Å². The topological polar surface area (TPSA) is 49.4 Å². The molecule has 0 bridgehead atoms. The third-order valence-corrected chi connectivity index (χ3v) is 5.01. The van der Waals surface area contributed by atoms with Gasteiger partial charge in [0, 0.05) is 22.7 Å². The Labute approximate surface area is 174 Å². The average molecular weight is 428 g/mol. The van der Waals surface area contributed by atoms with Gasteiger partial charge in [-0.15, -0.1) is 0 Å². The quantitative estimate of drug-likeness (QED) is 0.564. The Bertz CT molecular complexity index is 870. The molecule has 1 amide bonds. The molecular weight excluding hydrogens is 406 g/mol. The standard InChI is InChI=1S/C21H21ClN2O2.Ni/c1-3-24-13-7-12-21(24,2)20(26)23-18-11-10-16(22)14-17(18)19(25)15-8-5-4-6-9-15;/h4-11,13-14H,3,12H2,1-2H3,(H,23,26);/q;+2/t21-;/m1./s1. The summed E-state index contributed by atoms with van der Waals surface area (Å²) >= 11 is 6.10. The number of hydrogen-bond donors (Lipinski definition) is 1. The van der Waals surface area contributed by atoms with Crippen LogP contribution < -0.4 is 5.32 Å². The van der Waals surface area contributed by atoms with Crippen molar-refractivity contribution in [3.8, 4) is 0 Å². The van der Waals surface area contributed by atoms with Crippen LogP contribution in [0.15, 0.2) is 60.8 Å². The average Bonchev–Trinajstić information content (AvgIpc) is 3.05.